The van der Waals surface area contributed by atoms with E-state index in [9.17, 15) is 13.2 Å². The van der Waals surface area contributed by atoms with Gasteiger partial charge in [-0.3, -0.25) is 4.79 Å². The average molecular weight is 366 g/mol. The zero-order valence-corrected chi connectivity index (χ0v) is 15.8. The summed E-state index contributed by atoms with van der Waals surface area (Å²) in [6.07, 6.45) is 0.357. The van der Waals surface area contributed by atoms with Crippen LogP contribution < -0.4 is 5.32 Å². The van der Waals surface area contributed by atoms with Gasteiger partial charge in [0.05, 0.1) is 4.90 Å². The highest BCUT2D eigenvalue weighted by Crippen LogP contribution is 2.31. The normalized spacial score (nSPS) is 13.5. The van der Waals surface area contributed by atoms with E-state index in [1.54, 1.807) is 36.4 Å². The summed E-state index contributed by atoms with van der Waals surface area (Å²) in [6.45, 7) is 6.00. The van der Waals surface area contributed by atoms with Crippen molar-refractivity contribution in [2.45, 2.75) is 37.3 Å². The summed E-state index contributed by atoms with van der Waals surface area (Å²) in [5, 5.41) is 3.86. The first kappa shape index (κ1) is 18.7. The van der Waals surface area contributed by atoms with Crippen LogP contribution in [0.25, 0.3) is 0 Å². The van der Waals surface area contributed by atoms with Gasteiger partial charge in [-0.25, -0.2) is 8.42 Å². The number of carbonyl (C=O) groups excluding carboxylic acids is 1. The number of sulfone groups is 1. The third-order valence-corrected chi connectivity index (χ3v) is 6.72. The van der Waals surface area contributed by atoms with Crippen LogP contribution in [0.1, 0.15) is 37.3 Å². The van der Waals surface area contributed by atoms with E-state index in [1.807, 2.05) is 32.2 Å². The van der Waals surface area contributed by atoms with E-state index < -0.39 is 15.1 Å². The molecule has 130 valence electrons. The predicted molar refractivity (Wildman–Crippen MR) is 97.8 cm³/mol. The van der Waals surface area contributed by atoms with Crippen LogP contribution in [0.2, 0.25) is 0 Å². The molecule has 0 aliphatic rings. The van der Waals surface area contributed by atoms with Crippen LogP contribution in [0.5, 0.6) is 0 Å². The van der Waals surface area contributed by atoms with Crippen LogP contribution >= 0.6 is 11.3 Å². The Morgan fingerprint density at radius 1 is 1.12 bits per heavy atom. The zero-order chi connectivity index (χ0) is 17.8. The van der Waals surface area contributed by atoms with E-state index in [-0.39, 0.29) is 22.8 Å². The van der Waals surface area contributed by atoms with Crippen molar-refractivity contribution in [1.82, 2.24) is 5.32 Å². The van der Waals surface area contributed by atoms with Gasteiger partial charge in [-0.2, -0.15) is 0 Å². The van der Waals surface area contributed by atoms with E-state index >= 15 is 0 Å². The average Bonchev–Trinajstić information content (AvgIpc) is 3.00. The Hall–Kier alpha value is -1.66. The second-order valence-electron chi connectivity index (χ2n) is 6.90. The third-order valence-electron chi connectivity index (χ3n) is 3.48. The van der Waals surface area contributed by atoms with Gasteiger partial charge in [0.25, 0.3) is 0 Å². The van der Waals surface area contributed by atoms with Crippen LogP contribution in [0.4, 0.5) is 0 Å². The molecule has 1 amide bonds. The van der Waals surface area contributed by atoms with Gasteiger partial charge in [0.1, 0.15) is 5.25 Å². The summed E-state index contributed by atoms with van der Waals surface area (Å²) in [6, 6.07) is 12.0. The molecule has 24 heavy (non-hydrogen) atoms. The van der Waals surface area contributed by atoms with E-state index in [0.29, 0.717) is 6.42 Å². The largest absolute Gasteiger partial charge is 0.354 e. The molecular weight excluding hydrogens is 342 g/mol. The highest BCUT2D eigenvalue weighted by Gasteiger charge is 2.30. The summed E-state index contributed by atoms with van der Waals surface area (Å²) in [4.78, 5) is 13.1. The van der Waals surface area contributed by atoms with Crippen LogP contribution in [0.15, 0.2) is 52.7 Å². The summed E-state index contributed by atoms with van der Waals surface area (Å²) >= 11 is 1.39. The van der Waals surface area contributed by atoms with Gasteiger partial charge < -0.3 is 5.32 Å². The van der Waals surface area contributed by atoms with Crippen molar-refractivity contribution in [2.75, 3.05) is 6.54 Å². The van der Waals surface area contributed by atoms with Crippen molar-refractivity contribution in [3.8, 4) is 0 Å². The Bertz CT molecular complexity index is 760. The summed E-state index contributed by atoms with van der Waals surface area (Å²) in [5.74, 6) is -0.132. The van der Waals surface area contributed by atoms with Gasteiger partial charge in [-0.15, -0.1) is 11.3 Å². The number of rotatable bonds is 6. The molecule has 1 aromatic carbocycles. The molecule has 0 fully saturated rings. The fourth-order valence-corrected chi connectivity index (χ4v) is 5.17. The lowest BCUT2D eigenvalue weighted by atomic mass is 9.92. The minimum absolute atomic E-state index is 0.0760. The van der Waals surface area contributed by atoms with Crippen molar-refractivity contribution in [3.63, 3.8) is 0 Å². The molecule has 0 unspecified atom stereocenters. The maximum Gasteiger partial charge on any atom is 0.220 e. The second kappa shape index (κ2) is 7.49. The highest BCUT2D eigenvalue weighted by atomic mass is 32.2. The molecule has 0 saturated carbocycles. The summed E-state index contributed by atoms with van der Waals surface area (Å²) in [7, 11) is -3.57. The van der Waals surface area contributed by atoms with E-state index in [2.05, 4.69) is 5.32 Å². The fourth-order valence-electron chi connectivity index (χ4n) is 2.36. The summed E-state index contributed by atoms with van der Waals surface area (Å²) in [5.41, 5.74) is -0.138. The molecule has 0 aliphatic carbocycles. The predicted octanol–water partition coefficient (Wildman–Crippen LogP) is 3.82. The molecule has 4 nitrogen and oxygen atoms in total. The first-order valence-corrected chi connectivity index (χ1v) is 10.2. The fraction of sp³-hybridized carbons (Fsp3) is 0.389. The molecule has 1 aromatic heterocycles. The second-order valence-corrected chi connectivity index (χ2v) is 10.0. The lowest BCUT2D eigenvalue weighted by Gasteiger charge is -2.20. The van der Waals surface area contributed by atoms with E-state index in [4.69, 9.17) is 0 Å². The Balaban J connectivity index is 2.23. The molecule has 1 heterocycles. The van der Waals surface area contributed by atoms with Gasteiger partial charge in [0, 0.05) is 17.8 Å². The molecule has 6 heteroatoms. The SMILES string of the molecule is CC(C)(C)CC(=O)NC[C@H](c1cccs1)S(=O)(=O)c1ccccc1. The van der Waals surface area contributed by atoms with Crippen LogP contribution in [0.3, 0.4) is 0 Å². The number of hydrogen-bond acceptors (Lipinski definition) is 4. The molecule has 0 saturated heterocycles. The number of thiophene rings is 1. The Labute approximate surface area is 147 Å². The molecule has 2 rings (SSSR count). The van der Waals surface area contributed by atoms with Crippen LogP contribution in [-0.2, 0) is 14.6 Å². The third kappa shape index (κ3) is 4.92. The highest BCUT2D eigenvalue weighted by molar-refractivity contribution is 7.91. The monoisotopic (exact) mass is 365 g/mol. The standard InChI is InChI=1S/C18H23NO3S2/c1-18(2,3)12-17(20)19-13-16(15-10-7-11-23-15)24(21,22)14-8-5-4-6-9-14/h4-11,16H,12-13H2,1-3H3,(H,19,20)/t16-/m1/s1. The van der Waals surface area contributed by atoms with Crippen LogP contribution in [0, 0.1) is 5.41 Å². The topological polar surface area (TPSA) is 63.2 Å². The quantitative estimate of drug-likeness (QED) is 0.846. The van der Waals surface area contributed by atoms with E-state index in [0.717, 1.165) is 4.88 Å². The maximum absolute atomic E-state index is 13.0. The van der Waals surface area contributed by atoms with Crippen molar-refractivity contribution < 1.29 is 13.2 Å². The number of nitrogens with one attached hydrogen (secondary N) is 1. The van der Waals surface area contributed by atoms with Gasteiger partial charge >= 0.3 is 0 Å². The minimum atomic E-state index is -3.57. The summed E-state index contributed by atoms with van der Waals surface area (Å²) < 4.78 is 26.0. The maximum atomic E-state index is 13.0. The molecule has 1 atom stereocenters. The Morgan fingerprint density at radius 2 is 1.79 bits per heavy atom. The molecule has 0 bridgehead atoms. The number of amides is 1. The molecule has 0 aliphatic heterocycles. The van der Waals surface area contributed by atoms with Crippen molar-refractivity contribution in [3.05, 3.63) is 52.7 Å². The van der Waals surface area contributed by atoms with Gasteiger partial charge in [-0.1, -0.05) is 45.0 Å². The van der Waals surface area contributed by atoms with Crippen molar-refractivity contribution in [2.24, 2.45) is 5.41 Å². The lowest BCUT2D eigenvalue weighted by Crippen LogP contribution is -2.33. The van der Waals surface area contributed by atoms with Gasteiger partial charge in [-0.05, 0) is 29.0 Å². The van der Waals surface area contributed by atoms with Crippen molar-refractivity contribution in [1.29, 1.82) is 0 Å². The molecule has 0 spiro atoms. The van der Waals surface area contributed by atoms with Crippen molar-refractivity contribution >= 4 is 27.1 Å². The van der Waals surface area contributed by atoms with Crippen LogP contribution in [-0.4, -0.2) is 20.9 Å². The number of carbonyl (C=O) groups is 1. The molecule has 2 aromatic rings. The molecular formula is C18H23NO3S2. The van der Waals surface area contributed by atoms with Gasteiger partial charge in [0.15, 0.2) is 9.84 Å². The number of hydrogen-bond donors (Lipinski definition) is 1. The Morgan fingerprint density at radius 3 is 2.33 bits per heavy atom. The van der Waals surface area contributed by atoms with Gasteiger partial charge in [0.2, 0.25) is 5.91 Å². The lowest BCUT2D eigenvalue weighted by molar-refractivity contribution is -0.122. The first-order valence-electron chi connectivity index (χ1n) is 7.79. The first-order chi connectivity index (χ1) is 11.2. The molecule has 1 N–H and O–H groups in total. The zero-order valence-electron chi connectivity index (χ0n) is 14.2. The Kier molecular flexibility index (Phi) is 5.83. The molecule has 0 radical (unpaired) electrons. The smallest absolute Gasteiger partial charge is 0.220 e. The van der Waals surface area contributed by atoms with E-state index in [1.165, 1.54) is 11.3 Å². The number of benzene rings is 1. The minimum Gasteiger partial charge on any atom is -0.354 e.